The summed E-state index contributed by atoms with van der Waals surface area (Å²) in [5, 5.41) is 1.83. The predicted octanol–water partition coefficient (Wildman–Crippen LogP) is 4.49. The second kappa shape index (κ2) is 7.44. The number of benzene rings is 2. The fraction of sp³-hybridized carbons (Fsp3) is 0.273. The van der Waals surface area contributed by atoms with Crippen molar-refractivity contribution in [2.24, 2.45) is 0 Å². The Morgan fingerprint density at radius 3 is 2.52 bits per heavy atom. The summed E-state index contributed by atoms with van der Waals surface area (Å²) in [6, 6.07) is 14.1. The maximum absolute atomic E-state index is 6.02. The van der Waals surface area contributed by atoms with Crippen LogP contribution in [-0.4, -0.2) is 47.7 Å². The topological polar surface area (TPSA) is 57.3 Å². The summed E-state index contributed by atoms with van der Waals surface area (Å²) in [5.74, 6) is 1.82. The van der Waals surface area contributed by atoms with Crippen LogP contribution in [-0.2, 0) is 0 Å². The van der Waals surface area contributed by atoms with Gasteiger partial charge >= 0.3 is 0 Å². The standard InChI is InChI=1S/C22H22ClN5O/c1-2-29-17-7-8-19-18(13-17)20-21(26-19)22(25-14-24-20)28-11-9-27(10-12-28)16-5-3-15(23)4-6-16/h3-8,13-14,26H,2,9-12H2,1H3. The van der Waals surface area contributed by atoms with Gasteiger partial charge in [0.05, 0.1) is 6.61 Å². The summed E-state index contributed by atoms with van der Waals surface area (Å²) in [4.78, 5) is 17.4. The molecule has 4 aromatic rings. The van der Waals surface area contributed by atoms with Gasteiger partial charge in [0.2, 0.25) is 0 Å². The largest absolute Gasteiger partial charge is 0.494 e. The number of fused-ring (bicyclic) bond motifs is 3. The quantitative estimate of drug-likeness (QED) is 0.540. The molecule has 0 amide bonds. The summed E-state index contributed by atoms with van der Waals surface area (Å²) in [6.45, 7) is 6.29. The monoisotopic (exact) mass is 407 g/mol. The third-order valence-electron chi connectivity index (χ3n) is 5.42. The second-order valence-corrected chi connectivity index (χ2v) is 7.57. The predicted molar refractivity (Wildman–Crippen MR) is 118 cm³/mol. The van der Waals surface area contributed by atoms with E-state index in [0.717, 1.165) is 64.7 Å². The van der Waals surface area contributed by atoms with E-state index in [0.29, 0.717) is 6.61 Å². The molecule has 0 atom stereocenters. The number of aromatic nitrogens is 3. The molecular formula is C22H22ClN5O. The highest BCUT2D eigenvalue weighted by molar-refractivity contribution is 6.30. The molecule has 1 saturated heterocycles. The lowest BCUT2D eigenvalue weighted by molar-refractivity contribution is 0.341. The van der Waals surface area contributed by atoms with Crippen LogP contribution in [0.2, 0.25) is 5.02 Å². The molecule has 0 saturated carbocycles. The van der Waals surface area contributed by atoms with Crippen molar-refractivity contribution in [3.63, 3.8) is 0 Å². The van der Waals surface area contributed by atoms with Crippen LogP contribution in [0.25, 0.3) is 21.9 Å². The van der Waals surface area contributed by atoms with E-state index in [1.165, 1.54) is 5.69 Å². The van der Waals surface area contributed by atoms with Crippen molar-refractivity contribution < 1.29 is 4.74 Å². The average molecular weight is 408 g/mol. The number of nitrogens with zero attached hydrogens (tertiary/aromatic N) is 4. The summed E-state index contributed by atoms with van der Waals surface area (Å²) >= 11 is 6.02. The molecule has 3 heterocycles. The normalized spacial score (nSPS) is 14.7. The van der Waals surface area contributed by atoms with E-state index < -0.39 is 0 Å². The zero-order chi connectivity index (χ0) is 19.8. The minimum Gasteiger partial charge on any atom is -0.494 e. The van der Waals surface area contributed by atoms with Gasteiger partial charge in [-0.25, -0.2) is 9.97 Å². The van der Waals surface area contributed by atoms with Crippen molar-refractivity contribution in [2.75, 3.05) is 42.6 Å². The van der Waals surface area contributed by atoms with Crippen LogP contribution < -0.4 is 14.5 Å². The molecule has 1 aliphatic heterocycles. The van der Waals surface area contributed by atoms with E-state index in [9.17, 15) is 0 Å². The molecule has 0 spiro atoms. The zero-order valence-electron chi connectivity index (χ0n) is 16.2. The number of nitrogens with one attached hydrogen (secondary N) is 1. The van der Waals surface area contributed by atoms with Crippen molar-refractivity contribution in [1.82, 2.24) is 15.0 Å². The minimum atomic E-state index is 0.645. The van der Waals surface area contributed by atoms with E-state index in [2.05, 4.69) is 36.9 Å². The van der Waals surface area contributed by atoms with Crippen LogP contribution in [0.5, 0.6) is 5.75 Å². The maximum atomic E-state index is 6.02. The molecule has 6 nitrogen and oxygen atoms in total. The molecule has 2 aromatic carbocycles. The van der Waals surface area contributed by atoms with Crippen molar-refractivity contribution in [3.8, 4) is 5.75 Å². The van der Waals surface area contributed by atoms with E-state index in [4.69, 9.17) is 16.3 Å². The van der Waals surface area contributed by atoms with Gasteiger partial charge in [-0.2, -0.15) is 0 Å². The minimum absolute atomic E-state index is 0.645. The Hall–Kier alpha value is -2.99. The molecule has 0 radical (unpaired) electrons. The highest BCUT2D eigenvalue weighted by atomic mass is 35.5. The molecule has 1 fully saturated rings. The third kappa shape index (κ3) is 3.34. The number of H-pyrrole nitrogens is 1. The SMILES string of the molecule is CCOc1ccc2[nH]c3c(N4CCN(c5ccc(Cl)cc5)CC4)ncnc3c2c1. The van der Waals surface area contributed by atoms with Crippen molar-refractivity contribution in [3.05, 3.63) is 53.8 Å². The van der Waals surface area contributed by atoms with E-state index >= 15 is 0 Å². The Morgan fingerprint density at radius 2 is 1.76 bits per heavy atom. The highest BCUT2D eigenvalue weighted by Gasteiger charge is 2.22. The molecule has 0 bridgehead atoms. The molecule has 0 aliphatic carbocycles. The fourth-order valence-corrected chi connectivity index (χ4v) is 4.11. The molecule has 0 unspecified atom stereocenters. The lowest BCUT2D eigenvalue weighted by Gasteiger charge is -2.36. The molecular weight excluding hydrogens is 386 g/mol. The number of aromatic amines is 1. The second-order valence-electron chi connectivity index (χ2n) is 7.14. The molecule has 29 heavy (non-hydrogen) atoms. The Bertz CT molecular complexity index is 1150. The molecule has 7 heteroatoms. The van der Waals surface area contributed by atoms with Gasteiger partial charge in [0.25, 0.3) is 0 Å². The van der Waals surface area contributed by atoms with Crippen molar-refractivity contribution in [1.29, 1.82) is 0 Å². The zero-order valence-corrected chi connectivity index (χ0v) is 17.0. The Labute approximate surface area is 174 Å². The van der Waals surface area contributed by atoms with Gasteiger partial charge in [-0.3, -0.25) is 0 Å². The van der Waals surface area contributed by atoms with Crippen LogP contribution in [0, 0.1) is 0 Å². The van der Waals surface area contributed by atoms with Crippen LogP contribution >= 0.6 is 11.6 Å². The average Bonchev–Trinajstić information content (AvgIpc) is 3.13. The Balaban J connectivity index is 1.43. The van der Waals surface area contributed by atoms with E-state index in [-0.39, 0.29) is 0 Å². The van der Waals surface area contributed by atoms with Gasteiger partial charge < -0.3 is 19.5 Å². The number of hydrogen-bond donors (Lipinski definition) is 1. The first kappa shape index (κ1) is 18.1. The first-order valence-corrected chi connectivity index (χ1v) is 10.3. The summed E-state index contributed by atoms with van der Waals surface area (Å²) in [7, 11) is 0. The molecule has 1 aliphatic rings. The summed E-state index contributed by atoms with van der Waals surface area (Å²) < 4.78 is 5.66. The van der Waals surface area contributed by atoms with Gasteiger partial charge in [-0.05, 0) is 49.4 Å². The number of anilines is 2. The van der Waals surface area contributed by atoms with Crippen molar-refractivity contribution >= 4 is 45.0 Å². The third-order valence-corrected chi connectivity index (χ3v) is 5.67. The number of piperazine rings is 1. The van der Waals surface area contributed by atoms with Crippen LogP contribution in [0.15, 0.2) is 48.8 Å². The Morgan fingerprint density at radius 1 is 1.00 bits per heavy atom. The number of ether oxygens (including phenoxy) is 1. The van der Waals surface area contributed by atoms with Crippen LogP contribution in [0.3, 0.4) is 0 Å². The van der Waals surface area contributed by atoms with Gasteiger partial charge in [0.15, 0.2) is 5.82 Å². The lowest BCUT2D eigenvalue weighted by atomic mass is 10.2. The number of halogens is 1. The van der Waals surface area contributed by atoms with Crippen LogP contribution in [0.1, 0.15) is 6.92 Å². The van der Waals surface area contributed by atoms with Crippen molar-refractivity contribution in [2.45, 2.75) is 6.92 Å². The number of rotatable bonds is 4. The highest BCUT2D eigenvalue weighted by Crippen LogP contribution is 2.32. The molecule has 1 N–H and O–H groups in total. The summed E-state index contributed by atoms with van der Waals surface area (Å²) in [5.41, 5.74) is 4.17. The van der Waals surface area contributed by atoms with E-state index in [1.54, 1.807) is 6.33 Å². The van der Waals surface area contributed by atoms with Gasteiger partial charge in [0, 0.05) is 47.8 Å². The first-order chi connectivity index (χ1) is 14.2. The molecule has 5 rings (SSSR count). The maximum Gasteiger partial charge on any atom is 0.156 e. The van der Waals surface area contributed by atoms with Crippen LogP contribution in [0.4, 0.5) is 11.5 Å². The van der Waals surface area contributed by atoms with Gasteiger partial charge in [-0.15, -0.1) is 0 Å². The Kier molecular flexibility index (Phi) is 4.64. The summed E-state index contributed by atoms with van der Waals surface area (Å²) in [6.07, 6.45) is 1.66. The van der Waals surface area contributed by atoms with Gasteiger partial charge in [0.1, 0.15) is 23.1 Å². The number of hydrogen-bond acceptors (Lipinski definition) is 5. The lowest BCUT2D eigenvalue weighted by Crippen LogP contribution is -2.46. The fourth-order valence-electron chi connectivity index (χ4n) is 3.98. The van der Waals surface area contributed by atoms with E-state index in [1.807, 2.05) is 37.3 Å². The van der Waals surface area contributed by atoms with Gasteiger partial charge in [-0.1, -0.05) is 11.6 Å². The molecule has 2 aromatic heterocycles. The first-order valence-electron chi connectivity index (χ1n) is 9.87. The molecule has 148 valence electrons. The smallest absolute Gasteiger partial charge is 0.156 e.